The Morgan fingerprint density at radius 1 is 1.41 bits per heavy atom. The van der Waals surface area contributed by atoms with Gasteiger partial charge in [0.05, 0.1) is 12.3 Å². The minimum atomic E-state index is 0.168. The maximum absolute atomic E-state index is 11.9. The third-order valence-electron chi connectivity index (χ3n) is 2.90. The molecular formula is C13H18N2O2. The van der Waals surface area contributed by atoms with Crippen LogP contribution in [0.15, 0.2) is 18.2 Å². The van der Waals surface area contributed by atoms with Crippen molar-refractivity contribution in [1.29, 1.82) is 0 Å². The number of hydrogen-bond donors (Lipinski definition) is 1. The highest BCUT2D eigenvalue weighted by Crippen LogP contribution is 2.32. The minimum absolute atomic E-state index is 0.168. The van der Waals surface area contributed by atoms with Gasteiger partial charge in [-0.1, -0.05) is 0 Å². The first kappa shape index (κ1) is 11.8. The van der Waals surface area contributed by atoms with E-state index in [2.05, 4.69) is 0 Å². The van der Waals surface area contributed by atoms with E-state index in [1.165, 1.54) is 0 Å². The standard InChI is InChI=1S/C13H18N2O2/c1-2-17-12-9-10(14)6-7-11(12)15-8-4-3-5-13(15)16/h6-7,9H,2-5,8,14H2,1H3. The van der Waals surface area contributed by atoms with Crippen molar-refractivity contribution < 1.29 is 9.53 Å². The van der Waals surface area contributed by atoms with Gasteiger partial charge in [-0.25, -0.2) is 0 Å². The van der Waals surface area contributed by atoms with Gasteiger partial charge in [0, 0.05) is 24.7 Å². The van der Waals surface area contributed by atoms with Gasteiger partial charge in [0.1, 0.15) is 5.75 Å². The fourth-order valence-electron chi connectivity index (χ4n) is 2.09. The molecule has 1 heterocycles. The predicted molar refractivity (Wildman–Crippen MR) is 68.2 cm³/mol. The first-order chi connectivity index (χ1) is 8.22. The Bertz CT molecular complexity index is 418. The van der Waals surface area contributed by atoms with Gasteiger partial charge < -0.3 is 15.4 Å². The molecule has 1 amide bonds. The second-order valence-electron chi connectivity index (χ2n) is 4.16. The summed E-state index contributed by atoms with van der Waals surface area (Å²) in [5.74, 6) is 0.865. The zero-order valence-electron chi connectivity index (χ0n) is 10.1. The molecular weight excluding hydrogens is 216 g/mol. The SMILES string of the molecule is CCOc1cc(N)ccc1N1CCCCC1=O. The number of piperidine rings is 1. The van der Waals surface area contributed by atoms with Crippen LogP contribution in [-0.2, 0) is 4.79 Å². The van der Waals surface area contributed by atoms with E-state index < -0.39 is 0 Å². The quantitative estimate of drug-likeness (QED) is 0.815. The van der Waals surface area contributed by atoms with E-state index in [4.69, 9.17) is 10.5 Å². The Kier molecular flexibility index (Phi) is 3.52. The van der Waals surface area contributed by atoms with E-state index in [1.807, 2.05) is 13.0 Å². The van der Waals surface area contributed by atoms with Gasteiger partial charge in [0.15, 0.2) is 0 Å². The van der Waals surface area contributed by atoms with Crippen LogP contribution in [0.4, 0.5) is 11.4 Å². The smallest absolute Gasteiger partial charge is 0.227 e. The second-order valence-corrected chi connectivity index (χ2v) is 4.16. The molecule has 0 spiro atoms. The number of carbonyl (C=O) groups excluding carboxylic acids is 1. The maximum atomic E-state index is 11.9. The number of rotatable bonds is 3. The van der Waals surface area contributed by atoms with Crippen molar-refractivity contribution in [2.75, 3.05) is 23.8 Å². The molecule has 0 aromatic heterocycles. The third kappa shape index (κ3) is 2.52. The summed E-state index contributed by atoms with van der Waals surface area (Å²) >= 11 is 0. The first-order valence-corrected chi connectivity index (χ1v) is 6.05. The molecule has 1 aromatic rings. The average molecular weight is 234 g/mol. The van der Waals surface area contributed by atoms with Crippen molar-refractivity contribution in [3.05, 3.63) is 18.2 Å². The van der Waals surface area contributed by atoms with Gasteiger partial charge in [-0.05, 0) is 31.9 Å². The molecule has 0 unspecified atom stereocenters. The molecule has 2 N–H and O–H groups in total. The topological polar surface area (TPSA) is 55.6 Å². The van der Waals surface area contributed by atoms with Crippen molar-refractivity contribution in [3.8, 4) is 5.75 Å². The zero-order chi connectivity index (χ0) is 12.3. The minimum Gasteiger partial charge on any atom is -0.492 e. The Hall–Kier alpha value is -1.71. The fourth-order valence-corrected chi connectivity index (χ4v) is 2.09. The number of ether oxygens (including phenoxy) is 1. The number of hydrogen-bond acceptors (Lipinski definition) is 3. The zero-order valence-corrected chi connectivity index (χ0v) is 10.1. The first-order valence-electron chi connectivity index (χ1n) is 6.05. The lowest BCUT2D eigenvalue weighted by atomic mass is 10.1. The number of amides is 1. The van der Waals surface area contributed by atoms with Crippen molar-refractivity contribution in [1.82, 2.24) is 0 Å². The van der Waals surface area contributed by atoms with E-state index in [0.29, 0.717) is 24.5 Å². The maximum Gasteiger partial charge on any atom is 0.227 e. The Morgan fingerprint density at radius 2 is 2.24 bits per heavy atom. The summed E-state index contributed by atoms with van der Waals surface area (Å²) in [6.07, 6.45) is 2.64. The molecule has 2 rings (SSSR count). The summed E-state index contributed by atoms with van der Waals surface area (Å²) in [4.78, 5) is 13.7. The highest BCUT2D eigenvalue weighted by molar-refractivity contribution is 5.95. The molecule has 0 bridgehead atoms. The van der Waals surface area contributed by atoms with Crippen molar-refractivity contribution >= 4 is 17.3 Å². The Balaban J connectivity index is 2.32. The largest absolute Gasteiger partial charge is 0.492 e. The molecule has 0 radical (unpaired) electrons. The van der Waals surface area contributed by atoms with Gasteiger partial charge in [-0.3, -0.25) is 4.79 Å². The molecule has 1 aliphatic heterocycles. The van der Waals surface area contributed by atoms with Crippen molar-refractivity contribution in [2.24, 2.45) is 0 Å². The molecule has 1 saturated heterocycles. The van der Waals surface area contributed by atoms with Gasteiger partial charge in [-0.15, -0.1) is 0 Å². The molecule has 4 nitrogen and oxygen atoms in total. The monoisotopic (exact) mass is 234 g/mol. The molecule has 17 heavy (non-hydrogen) atoms. The van der Waals surface area contributed by atoms with E-state index in [1.54, 1.807) is 17.0 Å². The Morgan fingerprint density at radius 3 is 2.94 bits per heavy atom. The molecule has 1 aromatic carbocycles. The summed E-state index contributed by atoms with van der Waals surface area (Å²) in [5, 5.41) is 0. The number of nitrogen functional groups attached to an aromatic ring is 1. The summed E-state index contributed by atoms with van der Waals surface area (Å²) in [6, 6.07) is 5.45. The number of carbonyl (C=O) groups is 1. The van der Waals surface area contributed by atoms with Crippen LogP contribution in [0, 0.1) is 0 Å². The summed E-state index contributed by atoms with van der Waals surface area (Å²) in [6.45, 7) is 3.26. The molecule has 0 atom stereocenters. The second kappa shape index (κ2) is 5.08. The number of benzene rings is 1. The average Bonchev–Trinajstić information content (AvgIpc) is 2.31. The predicted octanol–water partition coefficient (Wildman–Crippen LogP) is 2.18. The lowest BCUT2D eigenvalue weighted by molar-refractivity contribution is -0.119. The highest BCUT2D eigenvalue weighted by Gasteiger charge is 2.22. The molecule has 0 saturated carbocycles. The third-order valence-corrected chi connectivity index (χ3v) is 2.90. The van der Waals surface area contributed by atoms with Crippen molar-refractivity contribution in [3.63, 3.8) is 0 Å². The van der Waals surface area contributed by atoms with E-state index in [9.17, 15) is 4.79 Å². The summed E-state index contributed by atoms with van der Waals surface area (Å²) in [5.41, 5.74) is 7.23. The van der Waals surface area contributed by atoms with E-state index >= 15 is 0 Å². The van der Waals surface area contributed by atoms with Crippen molar-refractivity contribution in [2.45, 2.75) is 26.2 Å². The van der Waals surface area contributed by atoms with Crippen LogP contribution < -0.4 is 15.4 Å². The van der Waals surface area contributed by atoms with Gasteiger partial charge in [0.25, 0.3) is 0 Å². The van der Waals surface area contributed by atoms with Gasteiger partial charge >= 0.3 is 0 Å². The molecule has 1 aliphatic rings. The van der Waals surface area contributed by atoms with Crippen LogP contribution in [0.25, 0.3) is 0 Å². The van der Waals surface area contributed by atoms with Crippen LogP contribution in [0.1, 0.15) is 26.2 Å². The van der Waals surface area contributed by atoms with Crippen LogP contribution in [0.2, 0.25) is 0 Å². The number of nitrogens with two attached hydrogens (primary N) is 1. The molecule has 0 aliphatic carbocycles. The van der Waals surface area contributed by atoms with E-state index in [0.717, 1.165) is 25.1 Å². The summed E-state index contributed by atoms with van der Waals surface area (Å²) in [7, 11) is 0. The van der Waals surface area contributed by atoms with Gasteiger partial charge in [0.2, 0.25) is 5.91 Å². The molecule has 92 valence electrons. The Labute approximate surface area is 101 Å². The number of anilines is 2. The van der Waals surface area contributed by atoms with Crippen LogP contribution in [-0.4, -0.2) is 19.1 Å². The fraction of sp³-hybridized carbons (Fsp3) is 0.462. The normalized spacial score (nSPS) is 16.1. The lowest BCUT2D eigenvalue weighted by Gasteiger charge is -2.28. The molecule has 1 fully saturated rings. The van der Waals surface area contributed by atoms with Gasteiger partial charge in [-0.2, -0.15) is 0 Å². The highest BCUT2D eigenvalue weighted by atomic mass is 16.5. The number of nitrogens with zero attached hydrogens (tertiary/aromatic N) is 1. The lowest BCUT2D eigenvalue weighted by Crippen LogP contribution is -2.35. The van der Waals surface area contributed by atoms with Crippen LogP contribution >= 0.6 is 0 Å². The van der Waals surface area contributed by atoms with Crippen LogP contribution in [0.3, 0.4) is 0 Å². The summed E-state index contributed by atoms with van der Waals surface area (Å²) < 4.78 is 5.55. The van der Waals surface area contributed by atoms with Crippen LogP contribution in [0.5, 0.6) is 5.75 Å². The molecule has 4 heteroatoms. The van der Waals surface area contributed by atoms with E-state index in [-0.39, 0.29) is 5.91 Å².